The minimum atomic E-state index is -0.123. The molecule has 0 aromatic heterocycles. The van der Waals surface area contributed by atoms with Crippen molar-refractivity contribution in [3.05, 3.63) is 35.4 Å². The molecule has 0 nitrogen and oxygen atoms in total. The third-order valence-corrected chi connectivity index (χ3v) is 12.6. The second-order valence-electron chi connectivity index (χ2n) is 11.6. The van der Waals surface area contributed by atoms with Gasteiger partial charge in [0.25, 0.3) is 0 Å². The Bertz CT molecular complexity index is 503. The maximum atomic E-state index is 3.83. The van der Waals surface area contributed by atoms with Crippen LogP contribution in [0, 0.1) is 6.07 Å². The smallest absolute Gasteiger partial charge is 0 e. The summed E-state index contributed by atoms with van der Waals surface area (Å²) in [6, 6.07) is 10.7. The van der Waals surface area contributed by atoms with E-state index in [0.717, 1.165) is 0 Å². The van der Waals surface area contributed by atoms with Crippen LogP contribution < -0.4 is 0 Å². The van der Waals surface area contributed by atoms with Gasteiger partial charge in [-0.1, -0.05) is 98.9 Å². The molecule has 0 atom stereocenters. The molecule has 0 saturated heterocycles. The van der Waals surface area contributed by atoms with Gasteiger partial charge in [0.2, 0.25) is 0 Å². The summed E-state index contributed by atoms with van der Waals surface area (Å²) in [7, 11) is -0.246. The van der Waals surface area contributed by atoms with Gasteiger partial charge >= 0.3 is 0 Å². The van der Waals surface area contributed by atoms with Crippen LogP contribution in [-0.4, -0.2) is 20.6 Å². The monoisotopic (exact) mass is 499 g/mol. The Labute approximate surface area is 187 Å². The van der Waals surface area contributed by atoms with Gasteiger partial charge in [0.1, 0.15) is 0 Å². The second kappa shape index (κ2) is 9.70. The van der Waals surface area contributed by atoms with Crippen molar-refractivity contribution < 1.29 is 20.4 Å². The minimum absolute atomic E-state index is 0. The van der Waals surface area contributed by atoms with Crippen molar-refractivity contribution in [2.24, 2.45) is 0 Å². The van der Waals surface area contributed by atoms with Crippen LogP contribution >= 0.6 is 15.8 Å². The van der Waals surface area contributed by atoms with Crippen molar-refractivity contribution in [3.8, 4) is 0 Å². The molecule has 0 aliphatic carbocycles. The number of hydrogen-bond acceptors (Lipinski definition) is 0. The Kier molecular flexibility index (Phi) is 9.97. The van der Waals surface area contributed by atoms with Crippen LogP contribution in [-0.2, 0) is 32.7 Å². The van der Waals surface area contributed by atoms with Gasteiger partial charge in [-0.25, -0.2) is 0 Å². The summed E-state index contributed by atoms with van der Waals surface area (Å²) in [6.07, 6.45) is 2.36. The van der Waals surface area contributed by atoms with E-state index in [1.54, 1.807) is 0 Å². The van der Waals surface area contributed by atoms with Gasteiger partial charge in [-0.2, -0.15) is 35.4 Å². The van der Waals surface area contributed by atoms with Crippen LogP contribution in [0.1, 0.15) is 94.2 Å². The number of hydrogen-bond donors (Lipinski definition) is 0. The molecular weight excluding hydrogens is 457 g/mol. The average molecular weight is 500 g/mol. The number of benzene rings is 1. The van der Waals surface area contributed by atoms with E-state index in [4.69, 9.17) is 0 Å². The zero-order valence-electron chi connectivity index (χ0n) is 19.9. The van der Waals surface area contributed by atoms with Gasteiger partial charge in [0.05, 0.1) is 0 Å². The van der Waals surface area contributed by atoms with Crippen molar-refractivity contribution in [1.82, 2.24) is 0 Å². The molecular formula is C24H43P2Pd-. The van der Waals surface area contributed by atoms with Crippen LogP contribution in [0.4, 0.5) is 0 Å². The van der Waals surface area contributed by atoms with E-state index < -0.39 is 0 Å². The predicted octanol–water partition coefficient (Wildman–Crippen LogP) is 8.64. The first-order chi connectivity index (χ1) is 11.4. The average Bonchev–Trinajstić information content (AvgIpc) is 2.37. The zero-order chi connectivity index (χ0) is 20.6. The van der Waals surface area contributed by atoms with Gasteiger partial charge in [-0.05, 0) is 32.9 Å². The Morgan fingerprint density at radius 1 is 0.593 bits per heavy atom. The van der Waals surface area contributed by atoms with Crippen LogP contribution in [0.2, 0.25) is 0 Å². The number of rotatable bonds is 4. The Balaban J connectivity index is 0.00000676. The van der Waals surface area contributed by atoms with Crippen molar-refractivity contribution in [1.29, 1.82) is 0 Å². The van der Waals surface area contributed by atoms with E-state index in [-0.39, 0.29) is 36.3 Å². The molecule has 1 aromatic carbocycles. The first kappa shape index (κ1) is 27.7. The fourth-order valence-corrected chi connectivity index (χ4v) is 11.0. The van der Waals surface area contributed by atoms with Crippen LogP contribution in [0.3, 0.4) is 0 Å². The Morgan fingerprint density at radius 3 is 1.07 bits per heavy atom. The molecule has 3 heteroatoms. The van der Waals surface area contributed by atoms with Gasteiger partial charge in [0.15, 0.2) is 0 Å². The van der Waals surface area contributed by atoms with Crippen molar-refractivity contribution in [3.63, 3.8) is 0 Å². The Hall–Kier alpha value is 0.742. The molecule has 27 heavy (non-hydrogen) atoms. The quantitative estimate of drug-likeness (QED) is 0.221. The van der Waals surface area contributed by atoms with E-state index in [1.165, 1.54) is 23.5 Å². The summed E-state index contributed by atoms with van der Waals surface area (Å²) in [6.45, 7) is 28.9. The molecule has 0 aliphatic heterocycles. The molecule has 0 saturated carbocycles. The predicted molar refractivity (Wildman–Crippen MR) is 126 cm³/mol. The van der Waals surface area contributed by atoms with Crippen molar-refractivity contribution in [2.75, 3.05) is 0 Å². The summed E-state index contributed by atoms with van der Waals surface area (Å²) in [5.74, 6) is 0. The first-order valence-corrected chi connectivity index (χ1v) is 13.0. The fraction of sp³-hybridized carbons (Fsp3) is 0.750. The fourth-order valence-electron chi connectivity index (χ4n) is 4.06. The largest absolute Gasteiger partial charge is 0.176 e. The second-order valence-corrected chi connectivity index (χ2v) is 19.3. The van der Waals surface area contributed by atoms with E-state index >= 15 is 0 Å². The van der Waals surface area contributed by atoms with E-state index in [0.29, 0.717) is 20.6 Å². The molecule has 0 radical (unpaired) electrons. The van der Waals surface area contributed by atoms with E-state index in [1.807, 2.05) is 0 Å². The standard InChI is InChI=1S/C24H43P2.Pd/c1-21(2,3)25(22(4,5)6)17-19-14-13-15-20(16-19)18-26(23(7,8)9)24(10,11)12;/h13-15H,17-18H2,1-12H3;/q-1;. The molecule has 1 aromatic rings. The normalized spacial score (nSPS) is 13.9. The molecule has 0 bridgehead atoms. The van der Waals surface area contributed by atoms with Crippen LogP contribution in [0.25, 0.3) is 0 Å². The van der Waals surface area contributed by atoms with Crippen molar-refractivity contribution >= 4 is 15.8 Å². The zero-order valence-corrected chi connectivity index (χ0v) is 23.2. The summed E-state index contributed by atoms with van der Waals surface area (Å²) in [5.41, 5.74) is 2.83. The maximum Gasteiger partial charge on any atom is 0 e. The Morgan fingerprint density at radius 2 is 0.852 bits per heavy atom. The molecule has 0 amide bonds. The molecule has 0 aliphatic rings. The van der Waals surface area contributed by atoms with Gasteiger partial charge < -0.3 is 0 Å². The van der Waals surface area contributed by atoms with Crippen LogP contribution in [0.5, 0.6) is 0 Å². The molecule has 0 unspecified atom stereocenters. The summed E-state index contributed by atoms with van der Waals surface area (Å²) in [5, 5.41) is 1.45. The van der Waals surface area contributed by atoms with Gasteiger partial charge in [-0.3, -0.25) is 0 Å². The summed E-state index contributed by atoms with van der Waals surface area (Å²) >= 11 is 0. The molecule has 0 spiro atoms. The summed E-state index contributed by atoms with van der Waals surface area (Å²) in [4.78, 5) is 0. The molecule has 1 rings (SSSR count). The van der Waals surface area contributed by atoms with Gasteiger partial charge in [0, 0.05) is 20.4 Å². The maximum absolute atomic E-state index is 3.83. The molecule has 160 valence electrons. The molecule has 0 N–H and O–H groups in total. The molecule has 0 heterocycles. The van der Waals surface area contributed by atoms with E-state index in [9.17, 15) is 0 Å². The minimum Gasteiger partial charge on any atom is -0.176 e. The van der Waals surface area contributed by atoms with Crippen molar-refractivity contribution in [2.45, 2.75) is 116 Å². The molecule has 0 fully saturated rings. The first-order valence-electron chi connectivity index (χ1n) is 9.98. The van der Waals surface area contributed by atoms with Gasteiger partial charge in [-0.15, -0.1) is 0 Å². The topological polar surface area (TPSA) is 0 Å². The third kappa shape index (κ3) is 8.96. The van der Waals surface area contributed by atoms with Crippen LogP contribution in [0.15, 0.2) is 18.2 Å². The summed E-state index contributed by atoms with van der Waals surface area (Å²) < 4.78 is 0. The SMILES string of the molecule is CC(C)(C)P(Cc1[c-]c(CP(C(C)(C)C)C(C)(C)C)ccc1)C(C)(C)C.[Pd]. The van der Waals surface area contributed by atoms with E-state index in [2.05, 4.69) is 107 Å². The third-order valence-electron chi connectivity index (χ3n) is 4.81.